The summed E-state index contributed by atoms with van der Waals surface area (Å²) in [6, 6.07) is 12.2. The van der Waals surface area contributed by atoms with E-state index in [-0.39, 0.29) is 0 Å². The molecular weight excluding hydrogens is 236 g/mol. The molecule has 19 heavy (non-hydrogen) atoms. The Morgan fingerprint density at radius 3 is 2.42 bits per heavy atom. The van der Waals surface area contributed by atoms with Crippen molar-refractivity contribution in [1.29, 1.82) is 0 Å². The number of aromatic nitrogens is 3. The van der Waals surface area contributed by atoms with E-state index in [4.69, 9.17) is 0 Å². The van der Waals surface area contributed by atoms with Crippen LogP contribution in [0.4, 0.5) is 5.82 Å². The maximum atomic E-state index is 4.34. The normalized spacial score (nSPS) is 10.6. The summed E-state index contributed by atoms with van der Waals surface area (Å²) in [4.78, 5) is 4.03. The van der Waals surface area contributed by atoms with Gasteiger partial charge in [0.15, 0.2) is 5.82 Å². The summed E-state index contributed by atoms with van der Waals surface area (Å²) in [6.07, 6.45) is 4.36. The fourth-order valence-electron chi connectivity index (χ4n) is 2.17. The van der Waals surface area contributed by atoms with Crippen LogP contribution in [0.5, 0.6) is 0 Å². The number of rotatable bonds is 3. The van der Waals surface area contributed by atoms with Gasteiger partial charge in [0.05, 0.1) is 5.69 Å². The molecule has 0 unspecified atom stereocenters. The Hall–Kier alpha value is -2.49. The van der Waals surface area contributed by atoms with Crippen LogP contribution in [-0.4, -0.2) is 22.2 Å². The number of hydrogen-bond acceptors (Lipinski definition) is 4. The first-order valence-corrected chi connectivity index (χ1v) is 6.19. The fraction of sp³-hybridized carbons (Fsp3) is 0.133. The van der Waals surface area contributed by atoms with E-state index in [0.717, 1.165) is 28.7 Å². The van der Waals surface area contributed by atoms with Crippen LogP contribution < -0.4 is 5.32 Å². The number of pyridine rings is 1. The quantitative estimate of drug-likeness (QED) is 0.776. The molecule has 0 saturated carbocycles. The molecule has 0 atom stereocenters. The highest BCUT2D eigenvalue weighted by atomic mass is 15.2. The predicted molar refractivity (Wildman–Crippen MR) is 76.1 cm³/mol. The molecule has 3 rings (SSSR count). The second-order valence-corrected chi connectivity index (χ2v) is 4.32. The lowest BCUT2D eigenvalue weighted by atomic mass is 10.1. The number of benzene rings is 1. The van der Waals surface area contributed by atoms with Crippen LogP contribution in [0.15, 0.2) is 48.8 Å². The zero-order valence-electron chi connectivity index (χ0n) is 10.7. The number of hydrogen-bond donors (Lipinski definition) is 1. The maximum Gasteiger partial charge on any atom is 0.156 e. The third kappa shape index (κ3) is 2.25. The molecule has 4 heteroatoms. The molecule has 0 aliphatic rings. The van der Waals surface area contributed by atoms with Gasteiger partial charge in [0.25, 0.3) is 0 Å². The van der Waals surface area contributed by atoms with Crippen molar-refractivity contribution in [1.82, 2.24) is 15.2 Å². The van der Waals surface area contributed by atoms with Crippen molar-refractivity contribution >= 4 is 16.6 Å². The van der Waals surface area contributed by atoms with Crippen LogP contribution in [0.3, 0.4) is 0 Å². The molecule has 2 aromatic heterocycles. The average molecular weight is 250 g/mol. The number of nitrogens with zero attached hydrogens (tertiary/aromatic N) is 3. The second kappa shape index (κ2) is 5.02. The highest BCUT2D eigenvalue weighted by Gasteiger charge is 2.08. The van der Waals surface area contributed by atoms with E-state index in [2.05, 4.69) is 32.6 Å². The molecule has 0 radical (unpaired) electrons. The zero-order valence-corrected chi connectivity index (χ0v) is 10.7. The Labute approximate surface area is 111 Å². The van der Waals surface area contributed by atoms with E-state index < -0.39 is 0 Å². The van der Waals surface area contributed by atoms with Crippen LogP contribution in [0.1, 0.15) is 11.3 Å². The molecule has 0 bridgehead atoms. The SMILES string of the molecule is CNc1nnc(Cc2ccncc2)c2ccccc12. The van der Waals surface area contributed by atoms with Gasteiger partial charge in [-0.15, -0.1) is 5.10 Å². The highest BCUT2D eigenvalue weighted by Crippen LogP contribution is 2.23. The Morgan fingerprint density at radius 2 is 1.68 bits per heavy atom. The van der Waals surface area contributed by atoms with Gasteiger partial charge in [-0.3, -0.25) is 4.98 Å². The Kier molecular flexibility index (Phi) is 3.06. The first kappa shape index (κ1) is 11.6. The summed E-state index contributed by atoms with van der Waals surface area (Å²) in [5, 5.41) is 13.9. The van der Waals surface area contributed by atoms with Gasteiger partial charge < -0.3 is 5.32 Å². The summed E-state index contributed by atoms with van der Waals surface area (Å²) >= 11 is 0. The summed E-state index contributed by atoms with van der Waals surface area (Å²) in [7, 11) is 1.86. The largest absolute Gasteiger partial charge is 0.371 e. The van der Waals surface area contributed by atoms with E-state index in [1.54, 1.807) is 12.4 Å². The zero-order chi connectivity index (χ0) is 13.1. The van der Waals surface area contributed by atoms with Gasteiger partial charge in [-0.2, -0.15) is 5.10 Å². The van der Waals surface area contributed by atoms with Gasteiger partial charge in [0.2, 0.25) is 0 Å². The van der Waals surface area contributed by atoms with Crippen LogP contribution in [-0.2, 0) is 6.42 Å². The molecule has 1 N–H and O–H groups in total. The maximum absolute atomic E-state index is 4.34. The lowest BCUT2D eigenvalue weighted by Crippen LogP contribution is -2.01. The second-order valence-electron chi connectivity index (χ2n) is 4.32. The molecule has 3 aromatic rings. The molecule has 0 spiro atoms. The topological polar surface area (TPSA) is 50.7 Å². The van der Waals surface area contributed by atoms with E-state index in [0.29, 0.717) is 0 Å². The first-order valence-electron chi connectivity index (χ1n) is 6.19. The van der Waals surface area contributed by atoms with Gasteiger partial charge in [-0.05, 0) is 17.7 Å². The first-order chi connectivity index (χ1) is 9.38. The summed E-state index contributed by atoms with van der Waals surface area (Å²) in [5.41, 5.74) is 2.17. The summed E-state index contributed by atoms with van der Waals surface area (Å²) in [6.45, 7) is 0. The van der Waals surface area contributed by atoms with Crippen molar-refractivity contribution < 1.29 is 0 Å². The van der Waals surface area contributed by atoms with Crippen molar-refractivity contribution in [2.75, 3.05) is 12.4 Å². The lowest BCUT2D eigenvalue weighted by molar-refractivity contribution is 0.958. The molecule has 0 saturated heterocycles. The molecule has 0 fully saturated rings. The van der Waals surface area contributed by atoms with Gasteiger partial charge in [-0.1, -0.05) is 24.3 Å². The van der Waals surface area contributed by atoms with E-state index in [1.165, 1.54) is 5.56 Å². The minimum absolute atomic E-state index is 0.764. The van der Waals surface area contributed by atoms with Gasteiger partial charge in [0, 0.05) is 36.6 Å². The summed E-state index contributed by atoms with van der Waals surface area (Å²) in [5.74, 6) is 0.814. The van der Waals surface area contributed by atoms with Crippen LogP contribution in [0, 0.1) is 0 Å². The molecular formula is C15H14N4. The standard InChI is InChI=1S/C15H14N4/c1-16-15-13-5-3-2-4-12(13)14(18-19-15)10-11-6-8-17-9-7-11/h2-9H,10H2,1H3,(H,16,19). The van der Waals surface area contributed by atoms with E-state index >= 15 is 0 Å². The number of fused-ring (bicyclic) bond motifs is 1. The number of anilines is 1. The molecule has 94 valence electrons. The summed E-state index contributed by atoms with van der Waals surface area (Å²) < 4.78 is 0. The molecule has 1 aromatic carbocycles. The third-order valence-electron chi connectivity index (χ3n) is 3.12. The monoisotopic (exact) mass is 250 g/mol. The minimum atomic E-state index is 0.764. The smallest absolute Gasteiger partial charge is 0.156 e. The predicted octanol–water partition coefficient (Wildman–Crippen LogP) is 2.66. The highest BCUT2D eigenvalue weighted by molar-refractivity contribution is 5.93. The van der Waals surface area contributed by atoms with E-state index in [1.807, 2.05) is 31.3 Å². The van der Waals surface area contributed by atoms with Crippen molar-refractivity contribution in [3.8, 4) is 0 Å². The molecule has 4 nitrogen and oxygen atoms in total. The number of nitrogens with one attached hydrogen (secondary N) is 1. The van der Waals surface area contributed by atoms with Crippen molar-refractivity contribution in [2.45, 2.75) is 6.42 Å². The Balaban J connectivity index is 2.10. The third-order valence-corrected chi connectivity index (χ3v) is 3.12. The molecule has 0 aliphatic heterocycles. The van der Waals surface area contributed by atoms with Crippen molar-refractivity contribution in [3.63, 3.8) is 0 Å². The fourth-order valence-corrected chi connectivity index (χ4v) is 2.17. The Morgan fingerprint density at radius 1 is 0.947 bits per heavy atom. The van der Waals surface area contributed by atoms with Gasteiger partial charge >= 0.3 is 0 Å². The van der Waals surface area contributed by atoms with Gasteiger partial charge in [-0.25, -0.2) is 0 Å². The van der Waals surface area contributed by atoms with Crippen LogP contribution in [0.2, 0.25) is 0 Å². The van der Waals surface area contributed by atoms with Crippen LogP contribution >= 0.6 is 0 Å². The molecule has 2 heterocycles. The van der Waals surface area contributed by atoms with Crippen molar-refractivity contribution in [3.05, 3.63) is 60.0 Å². The Bertz CT molecular complexity index is 695. The van der Waals surface area contributed by atoms with Gasteiger partial charge in [0.1, 0.15) is 0 Å². The molecule has 0 aliphatic carbocycles. The minimum Gasteiger partial charge on any atom is -0.371 e. The molecule has 0 amide bonds. The lowest BCUT2D eigenvalue weighted by Gasteiger charge is -2.08. The van der Waals surface area contributed by atoms with Crippen molar-refractivity contribution in [2.24, 2.45) is 0 Å². The average Bonchev–Trinajstić information content (AvgIpc) is 2.49. The van der Waals surface area contributed by atoms with E-state index in [9.17, 15) is 0 Å². The van der Waals surface area contributed by atoms with Crippen LogP contribution in [0.25, 0.3) is 10.8 Å².